The standard InChI is InChI=1S/C11H17IO/c1-8-3-5-9(6-4-8)11(2)10(7-12)13-11/h3,9-10H,4-7H2,1-2H3. The first-order valence-corrected chi connectivity index (χ1v) is 6.59. The third-order valence-electron chi connectivity index (χ3n) is 3.57. The van der Waals surface area contributed by atoms with Gasteiger partial charge in [-0.3, -0.25) is 0 Å². The number of hydrogen-bond donors (Lipinski definition) is 0. The molecule has 0 aromatic rings. The Kier molecular flexibility index (Phi) is 2.71. The Labute approximate surface area is 94.1 Å². The van der Waals surface area contributed by atoms with Crippen molar-refractivity contribution in [1.29, 1.82) is 0 Å². The van der Waals surface area contributed by atoms with Crippen LogP contribution in [0, 0.1) is 5.92 Å². The van der Waals surface area contributed by atoms with Crippen LogP contribution in [0.1, 0.15) is 33.1 Å². The van der Waals surface area contributed by atoms with Crippen LogP contribution in [0.3, 0.4) is 0 Å². The highest BCUT2D eigenvalue weighted by atomic mass is 127. The normalized spacial score (nSPS) is 44.4. The lowest BCUT2D eigenvalue weighted by molar-refractivity contribution is 0.219. The first-order chi connectivity index (χ1) is 6.16. The molecule has 2 aliphatic rings. The molecule has 0 aromatic heterocycles. The maximum absolute atomic E-state index is 5.79. The molecule has 3 unspecified atom stereocenters. The van der Waals surface area contributed by atoms with Crippen LogP contribution in [-0.4, -0.2) is 16.1 Å². The van der Waals surface area contributed by atoms with Crippen molar-refractivity contribution in [3.05, 3.63) is 11.6 Å². The zero-order valence-electron chi connectivity index (χ0n) is 8.35. The van der Waals surface area contributed by atoms with Crippen LogP contribution in [0.4, 0.5) is 0 Å². The number of ether oxygens (including phenoxy) is 1. The number of hydrogen-bond acceptors (Lipinski definition) is 1. The van der Waals surface area contributed by atoms with E-state index in [1.165, 1.54) is 19.3 Å². The molecule has 2 heteroatoms. The first-order valence-electron chi connectivity index (χ1n) is 5.06. The van der Waals surface area contributed by atoms with Crippen molar-refractivity contribution in [2.45, 2.75) is 44.8 Å². The molecule has 0 N–H and O–H groups in total. The third-order valence-corrected chi connectivity index (χ3v) is 4.37. The third kappa shape index (κ3) is 1.80. The molecule has 0 spiro atoms. The van der Waals surface area contributed by atoms with E-state index in [4.69, 9.17) is 4.74 Å². The van der Waals surface area contributed by atoms with Gasteiger partial charge in [-0.1, -0.05) is 34.2 Å². The van der Waals surface area contributed by atoms with Crippen LogP contribution in [-0.2, 0) is 4.74 Å². The van der Waals surface area contributed by atoms with E-state index in [9.17, 15) is 0 Å². The molecule has 1 aliphatic carbocycles. The van der Waals surface area contributed by atoms with E-state index in [2.05, 4.69) is 42.5 Å². The summed E-state index contributed by atoms with van der Waals surface area (Å²) in [6.07, 6.45) is 6.76. The fourth-order valence-corrected chi connectivity index (χ4v) is 3.36. The van der Waals surface area contributed by atoms with Gasteiger partial charge in [-0.2, -0.15) is 0 Å². The summed E-state index contributed by atoms with van der Waals surface area (Å²) in [6, 6.07) is 0. The van der Waals surface area contributed by atoms with E-state index >= 15 is 0 Å². The first kappa shape index (κ1) is 9.97. The summed E-state index contributed by atoms with van der Waals surface area (Å²) in [7, 11) is 0. The van der Waals surface area contributed by atoms with Crippen molar-refractivity contribution in [3.63, 3.8) is 0 Å². The predicted molar refractivity (Wildman–Crippen MR) is 63.3 cm³/mol. The molecule has 2 rings (SSSR count). The van der Waals surface area contributed by atoms with Gasteiger partial charge in [-0.05, 0) is 39.0 Å². The number of epoxide rings is 1. The van der Waals surface area contributed by atoms with Gasteiger partial charge in [0.1, 0.15) is 0 Å². The van der Waals surface area contributed by atoms with E-state index in [1.807, 2.05) is 0 Å². The Bertz CT molecular complexity index is 236. The second kappa shape index (κ2) is 3.54. The molecule has 3 atom stereocenters. The van der Waals surface area contributed by atoms with Crippen LogP contribution in [0.2, 0.25) is 0 Å². The second-order valence-electron chi connectivity index (χ2n) is 4.47. The molecule has 13 heavy (non-hydrogen) atoms. The summed E-state index contributed by atoms with van der Waals surface area (Å²) in [4.78, 5) is 0. The molecule has 1 saturated heterocycles. The smallest absolute Gasteiger partial charge is 0.0962 e. The number of rotatable bonds is 2. The highest BCUT2D eigenvalue weighted by Gasteiger charge is 2.56. The van der Waals surface area contributed by atoms with Gasteiger partial charge >= 0.3 is 0 Å². The SMILES string of the molecule is CC1=CCC(C2(C)OC2CI)CC1. The summed E-state index contributed by atoms with van der Waals surface area (Å²) >= 11 is 2.42. The van der Waals surface area contributed by atoms with Gasteiger partial charge in [0.2, 0.25) is 0 Å². The topological polar surface area (TPSA) is 12.5 Å². The molecule has 0 bridgehead atoms. The Morgan fingerprint density at radius 3 is 2.92 bits per heavy atom. The molecule has 1 nitrogen and oxygen atoms in total. The van der Waals surface area contributed by atoms with E-state index in [1.54, 1.807) is 5.57 Å². The minimum absolute atomic E-state index is 0.221. The van der Waals surface area contributed by atoms with Gasteiger partial charge in [0.15, 0.2) is 0 Å². The van der Waals surface area contributed by atoms with Crippen molar-refractivity contribution >= 4 is 22.6 Å². The zero-order chi connectivity index (χ0) is 9.47. The van der Waals surface area contributed by atoms with Gasteiger partial charge in [0.25, 0.3) is 0 Å². The van der Waals surface area contributed by atoms with Crippen molar-refractivity contribution < 1.29 is 4.74 Å². The molecule has 0 radical (unpaired) electrons. The molecule has 0 aromatic carbocycles. The summed E-state index contributed by atoms with van der Waals surface area (Å²) in [5.41, 5.74) is 1.78. The highest BCUT2D eigenvalue weighted by molar-refractivity contribution is 14.1. The number of halogens is 1. The van der Waals surface area contributed by atoms with Crippen LogP contribution >= 0.6 is 22.6 Å². The van der Waals surface area contributed by atoms with E-state index < -0.39 is 0 Å². The molecule has 0 amide bonds. The van der Waals surface area contributed by atoms with Gasteiger partial charge in [-0.15, -0.1) is 0 Å². The summed E-state index contributed by atoms with van der Waals surface area (Å²) in [6.45, 7) is 4.53. The highest BCUT2D eigenvalue weighted by Crippen LogP contribution is 2.48. The lowest BCUT2D eigenvalue weighted by Gasteiger charge is -2.24. The minimum atomic E-state index is 0.221. The Morgan fingerprint density at radius 1 is 1.69 bits per heavy atom. The Morgan fingerprint density at radius 2 is 2.46 bits per heavy atom. The van der Waals surface area contributed by atoms with Crippen molar-refractivity contribution in [2.75, 3.05) is 4.43 Å². The zero-order valence-corrected chi connectivity index (χ0v) is 10.5. The monoisotopic (exact) mass is 292 g/mol. The van der Waals surface area contributed by atoms with Gasteiger partial charge < -0.3 is 4.74 Å². The fraction of sp³-hybridized carbons (Fsp3) is 0.818. The van der Waals surface area contributed by atoms with Gasteiger partial charge in [0.05, 0.1) is 11.7 Å². The summed E-state index contributed by atoms with van der Waals surface area (Å²) in [5.74, 6) is 0.774. The number of allylic oxidation sites excluding steroid dienone is 2. The summed E-state index contributed by atoms with van der Waals surface area (Å²) < 4.78 is 6.94. The average molecular weight is 292 g/mol. The van der Waals surface area contributed by atoms with E-state index in [-0.39, 0.29) is 5.60 Å². The maximum Gasteiger partial charge on any atom is 0.0962 e. The van der Waals surface area contributed by atoms with Gasteiger partial charge in [0, 0.05) is 4.43 Å². The molecule has 1 heterocycles. The van der Waals surface area contributed by atoms with Gasteiger partial charge in [-0.25, -0.2) is 0 Å². The minimum Gasteiger partial charge on any atom is -0.365 e. The van der Waals surface area contributed by atoms with Crippen molar-refractivity contribution in [1.82, 2.24) is 0 Å². The molecular formula is C11H17IO. The van der Waals surface area contributed by atoms with Crippen LogP contribution in [0.15, 0.2) is 11.6 Å². The number of alkyl halides is 1. The summed E-state index contributed by atoms with van der Waals surface area (Å²) in [5, 5.41) is 0. The molecule has 0 saturated carbocycles. The Balaban J connectivity index is 1.97. The second-order valence-corrected chi connectivity index (χ2v) is 5.35. The van der Waals surface area contributed by atoms with Crippen molar-refractivity contribution in [3.8, 4) is 0 Å². The molecule has 1 aliphatic heterocycles. The van der Waals surface area contributed by atoms with Crippen LogP contribution in [0.25, 0.3) is 0 Å². The average Bonchev–Trinajstić information content (AvgIpc) is 2.80. The fourth-order valence-electron chi connectivity index (χ4n) is 2.30. The largest absolute Gasteiger partial charge is 0.365 e. The predicted octanol–water partition coefficient (Wildman–Crippen LogP) is 3.33. The van der Waals surface area contributed by atoms with E-state index in [0.29, 0.717) is 6.10 Å². The van der Waals surface area contributed by atoms with Crippen LogP contribution in [0.5, 0.6) is 0 Å². The van der Waals surface area contributed by atoms with Crippen molar-refractivity contribution in [2.24, 2.45) is 5.92 Å². The molecule has 74 valence electrons. The molecule has 1 fully saturated rings. The van der Waals surface area contributed by atoms with Crippen LogP contribution < -0.4 is 0 Å². The molecular weight excluding hydrogens is 275 g/mol. The lowest BCUT2D eigenvalue weighted by atomic mass is 9.80. The lowest BCUT2D eigenvalue weighted by Crippen LogP contribution is -2.25. The maximum atomic E-state index is 5.79. The quantitative estimate of drug-likeness (QED) is 0.329. The Hall–Kier alpha value is 0.430. The van der Waals surface area contributed by atoms with E-state index in [0.717, 1.165) is 10.3 Å².